The Balaban J connectivity index is 0.000000159. The largest absolute Gasteiger partial charge is 0.346 e. The first-order chi connectivity index (χ1) is 22.0. The lowest BCUT2D eigenvalue weighted by atomic mass is 9.77. The van der Waals surface area contributed by atoms with Gasteiger partial charge in [0.2, 0.25) is 5.91 Å². The van der Waals surface area contributed by atoms with E-state index in [0.717, 1.165) is 64.3 Å². The van der Waals surface area contributed by atoms with Crippen molar-refractivity contribution in [3.63, 3.8) is 0 Å². The lowest BCUT2D eigenvalue weighted by Gasteiger charge is -2.39. The predicted octanol–water partition coefficient (Wildman–Crippen LogP) is 6.42. The lowest BCUT2D eigenvalue weighted by molar-refractivity contribution is -0.132. The van der Waals surface area contributed by atoms with E-state index >= 15 is 0 Å². The number of nitriles is 1. The summed E-state index contributed by atoms with van der Waals surface area (Å²) < 4.78 is 2.16. The van der Waals surface area contributed by atoms with Gasteiger partial charge in [0.1, 0.15) is 30.4 Å². The Morgan fingerprint density at radius 1 is 1.04 bits per heavy atom. The van der Waals surface area contributed by atoms with Crippen LogP contribution in [0.5, 0.6) is 0 Å². The Morgan fingerprint density at radius 2 is 1.76 bits per heavy atom. The number of aromatic amines is 2. The molecule has 1 aliphatic carbocycles. The molecule has 1 aliphatic heterocycles. The van der Waals surface area contributed by atoms with Crippen LogP contribution in [-0.4, -0.2) is 63.6 Å². The zero-order chi connectivity index (χ0) is 31.3. The average Bonchev–Trinajstić information content (AvgIpc) is 3.89. The molecule has 1 unspecified atom stereocenters. The molecule has 11 nitrogen and oxygen atoms in total. The molecular formula is C34H42N10O. The van der Waals surface area contributed by atoms with Crippen LogP contribution in [0.3, 0.4) is 0 Å². The third-order valence-electron chi connectivity index (χ3n) is 9.99. The molecule has 5 aromatic heterocycles. The number of aromatic nitrogens is 8. The average molecular weight is 607 g/mol. The standard InChI is InChI=1S/C17H21N5O.C17H21N5/c1-11-5-8-22(15(23)3-6-18)9-14(11)12(2)16-13-4-7-19-17(13)21-10-20-16;1-2-15(12-5-3-4-6-12)22-10-13(9-21-22)16-14-7-8-18-17(14)20-11-19-16/h4,7,10-12,14H,3,5,8-9H2,1-2H3,(H,19,20,21);7-12,15H,2-6H2,1H3,(H,18,19,20)/t11-,12-,14?;15-/m11/s1. The van der Waals surface area contributed by atoms with Crippen molar-refractivity contribution >= 4 is 28.0 Å². The number of carbonyl (C=O) groups excluding carboxylic acids is 1. The second-order valence-electron chi connectivity index (χ2n) is 12.6. The number of rotatable bonds is 7. The van der Waals surface area contributed by atoms with Crippen molar-refractivity contribution in [1.29, 1.82) is 5.26 Å². The molecule has 6 heterocycles. The van der Waals surface area contributed by atoms with Gasteiger partial charge in [-0.1, -0.05) is 33.6 Å². The van der Waals surface area contributed by atoms with E-state index in [-0.39, 0.29) is 18.2 Å². The van der Waals surface area contributed by atoms with Gasteiger partial charge in [-0.3, -0.25) is 9.48 Å². The van der Waals surface area contributed by atoms with Gasteiger partial charge in [-0.25, -0.2) is 19.9 Å². The minimum atomic E-state index is -0.0638. The van der Waals surface area contributed by atoms with Gasteiger partial charge in [-0.15, -0.1) is 0 Å². The normalized spacial score (nSPS) is 20.1. The summed E-state index contributed by atoms with van der Waals surface area (Å²) in [4.78, 5) is 37.6. The number of H-pyrrole nitrogens is 2. The first-order valence-corrected chi connectivity index (χ1v) is 16.2. The van der Waals surface area contributed by atoms with E-state index in [1.54, 1.807) is 12.7 Å². The number of amides is 1. The Labute approximate surface area is 263 Å². The lowest BCUT2D eigenvalue weighted by Crippen LogP contribution is -2.44. The highest BCUT2D eigenvalue weighted by molar-refractivity contribution is 5.90. The molecule has 45 heavy (non-hydrogen) atoms. The number of piperidine rings is 1. The molecule has 234 valence electrons. The molecule has 7 rings (SSSR count). The quantitative estimate of drug-likeness (QED) is 0.217. The minimum Gasteiger partial charge on any atom is -0.346 e. The highest BCUT2D eigenvalue weighted by atomic mass is 16.2. The number of nitrogens with zero attached hydrogens (tertiary/aromatic N) is 8. The predicted molar refractivity (Wildman–Crippen MR) is 173 cm³/mol. The van der Waals surface area contributed by atoms with E-state index in [1.807, 2.05) is 41.7 Å². The first-order valence-electron chi connectivity index (χ1n) is 16.2. The van der Waals surface area contributed by atoms with Crippen molar-refractivity contribution < 1.29 is 4.79 Å². The van der Waals surface area contributed by atoms with Crippen molar-refractivity contribution in [2.45, 2.75) is 77.7 Å². The zero-order valence-corrected chi connectivity index (χ0v) is 26.4. The van der Waals surface area contributed by atoms with Gasteiger partial charge in [-0.05, 0) is 55.6 Å². The highest BCUT2D eigenvalue weighted by Gasteiger charge is 2.34. The highest BCUT2D eigenvalue weighted by Crippen LogP contribution is 2.38. The Bertz CT molecular complexity index is 1770. The van der Waals surface area contributed by atoms with E-state index < -0.39 is 0 Å². The zero-order valence-electron chi connectivity index (χ0n) is 26.4. The molecule has 0 bridgehead atoms. The summed E-state index contributed by atoms with van der Waals surface area (Å²) in [7, 11) is 0. The third kappa shape index (κ3) is 6.32. The molecule has 2 fully saturated rings. The van der Waals surface area contributed by atoms with E-state index in [4.69, 9.17) is 5.26 Å². The molecule has 2 aliphatic rings. The van der Waals surface area contributed by atoms with Gasteiger partial charge in [0.15, 0.2) is 0 Å². The number of nitrogens with one attached hydrogen (secondary N) is 2. The van der Waals surface area contributed by atoms with Crippen molar-refractivity contribution in [3.8, 4) is 17.3 Å². The fraction of sp³-hybridized carbons (Fsp3) is 0.500. The fourth-order valence-corrected chi connectivity index (χ4v) is 7.44. The molecule has 0 spiro atoms. The summed E-state index contributed by atoms with van der Waals surface area (Å²) in [6.45, 7) is 8.11. The number of carbonyl (C=O) groups is 1. The smallest absolute Gasteiger partial charge is 0.236 e. The Morgan fingerprint density at radius 3 is 2.49 bits per heavy atom. The van der Waals surface area contributed by atoms with Crippen LogP contribution in [0.4, 0.5) is 0 Å². The van der Waals surface area contributed by atoms with Crippen LogP contribution < -0.4 is 0 Å². The fourth-order valence-electron chi connectivity index (χ4n) is 7.44. The van der Waals surface area contributed by atoms with Crippen molar-refractivity contribution in [3.05, 3.63) is 55.3 Å². The molecule has 4 atom stereocenters. The maximum atomic E-state index is 12.1. The van der Waals surface area contributed by atoms with Crippen LogP contribution in [-0.2, 0) is 4.79 Å². The molecule has 1 saturated carbocycles. The van der Waals surface area contributed by atoms with Crippen LogP contribution in [0.15, 0.2) is 49.6 Å². The van der Waals surface area contributed by atoms with E-state index in [1.165, 1.54) is 25.7 Å². The number of fused-ring (bicyclic) bond motifs is 2. The van der Waals surface area contributed by atoms with Gasteiger partial charge < -0.3 is 14.9 Å². The molecule has 1 amide bonds. The van der Waals surface area contributed by atoms with Crippen LogP contribution in [0.2, 0.25) is 0 Å². The summed E-state index contributed by atoms with van der Waals surface area (Å²) in [5.41, 5.74) is 4.79. The summed E-state index contributed by atoms with van der Waals surface area (Å²) in [5, 5.41) is 15.5. The number of hydrogen-bond acceptors (Lipinski definition) is 7. The monoisotopic (exact) mass is 606 g/mol. The van der Waals surface area contributed by atoms with Gasteiger partial charge >= 0.3 is 0 Å². The minimum absolute atomic E-state index is 0.0367. The van der Waals surface area contributed by atoms with Crippen LogP contribution in [0.25, 0.3) is 33.3 Å². The van der Waals surface area contributed by atoms with Crippen molar-refractivity contribution in [1.82, 2.24) is 44.6 Å². The summed E-state index contributed by atoms with van der Waals surface area (Å²) in [6, 6.07) is 6.50. The maximum Gasteiger partial charge on any atom is 0.236 e. The van der Waals surface area contributed by atoms with Crippen LogP contribution in [0.1, 0.15) is 83.4 Å². The number of hydrogen-bond donors (Lipinski definition) is 2. The molecule has 0 aromatic carbocycles. The van der Waals surface area contributed by atoms with E-state index in [9.17, 15) is 4.79 Å². The molecule has 0 radical (unpaired) electrons. The molecule has 1 saturated heterocycles. The second-order valence-corrected chi connectivity index (χ2v) is 12.6. The van der Waals surface area contributed by atoms with Crippen LogP contribution in [0, 0.1) is 29.1 Å². The SMILES string of the molecule is CC[C@H](C1CCCC1)n1cc(-c2ncnc3[nH]ccc23)cn1.C[C@@H]1CCN(C(=O)CC#N)CC1[C@@H](C)c1ncnc2[nH]ccc12. The van der Waals surface area contributed by atoms with Gasteiger partial charge in [-0.2, -0.15) is 10.4 Å². The van der Waals surface area contributed by atoms with Crippen molar-refractivity contribution in [2.24, 2.45) is 17.8 Å². The molecule has 2 N–H and O–H groups in total. The summed E-state index contributed by atoms with van der Waals surface area (Å²) in [5.74, 6) is 1.78. The van der Waals surface area contributed by atoms with Crippen LogP contribution >= 0.6 is 0 Å². The van der Waals surface area contributed by atoms with Gasteiger partial charge in [0, 0.05) is 53.9 Å². The topological polar surface area (TPSA) is 145 Å². The Kier molecular flexibility index (Phi) is 9.19. The molecule has 5 aromatic rings. The van der Waals surface area contributed by atoms with E-state index in [2.05, 4.69) is 66.7 Å². The second kappa shape index (κ2) is 13.6. The van der Waals surface area contributed by atoms with Gasteiger partial charge in [0.05, 0.1) is 29.7 Å². The first kappa shape index (κ1) is 30.4. The Hall–Kier alpha value is -4.59. The van der Waals surface area contributed by atoms with Crippen molar-refractivity contribution in [2.75, 3.05) is 13.1 Å². The maximum absolute atomic E-state index is 12.1. The summed E-state index contributed by atoms with van der Waals surface area (Å²) in [6.07, 6.45) is 18.5. The summed E-state index contributed by atoms with van der Waals surface area (Å²) >= 11 is 0. The molecule has 11 heteroatoms. The van der Waals surface area contributed by atoms with Gasteiger partial charge in [0.25, 0.3) is 0 Å². The number of likely N-dealkylation sites (tertiary alicyclic amines) is 1. The van der Waals surface area contributed by atoms with E-state index in [0.29, 0.717) is 24.4 Å². The molecular weight excluding hydrogens is 564 g/mol. The third-order valence-corrected chi connectivity index (χ3v) is 9.99.